The minimum Gasteiger partial charge on any atom is -0.508 e. The molecule has 184 valence electrons. The van der Waals surface area contributed by atoms with Crippen molar-refractivity contribution >= 4 is 5.91 Å². The molecule has 0 bridgehead atoms. The van der Waals surface area contributed by atoms with Crippen LogP contribution in [0.1, 0.15) is 50.8 Å². The number of likely N-dealkylation sites (tertiary alicyclic amines) is 1. The lowest BCUT2D eigenvalue weighted by Gasteiger charge is -2.46. The lowest BCUT2D eigenvalue weighted by atomic mass is 9.68. The van der Waals surface area contributed by atoms with Crippen molar-refractivity contribution < 1.29 is 19.7 Å². The average molecular weight is 467 g/mol. The van der Waals surface area contributed by atoms with Crippen molar-refractivity contribution in [2.45, 2.75) is 64.7 Å². The van der Waals surface area contributed by atoms with Gasteiger partial charge in [0.05, 0.1) is 6.61 Å². The molecule has 2 heterocycles. The Labute approximate surface area is 202 Å². The first-order valence-electron chi connectivity index (χ1n) is 12.4. The van der Waals surface area contributed by atoms with Gasteiger partial charge in [-0.15, -0.1) is 0 Å². The molecule has 0 aromatic heterocycles. The third-order valence-electron chi connectivity index (χ3n) is 7.99. The number of aromatic hydroxyl groups is 2. The molecule has 34 heavy (non-hydrogen) atoms. The zero-order chi connectivity index (χ0) is 24.5. The molecule has 0 saturated carbocycles. The van der Waals surface area contributed by atoms with Crippen molar-refractivity contribution in [3.8, 4) is 11.5 Å². The highest BCUT2D eigenvalue weighted by atomic mass is 16.5. The Morgan fingerprint density at radius 3 is 2.65 bits per heavy atom. The van der Waals surface area contributed by atoms with Gasteiger partial charge in [0.15, 0.2) is 0 Å². The number of phenols is 2. The fourth-order valence-electron chi connectivity index (χ4n) is 5.31. The van der Waals surface area contributed by atoms with Gasteiger partial charge in [-0.05, 0) is 71.2 Å². The zero-order valence-electron chi connectivity index (χ0n) is 20.8. The van der Waals surface area contributed by atoms with Crippen molar-refractivity contribution in [3.05, 3.63) is 59.2 Å². The van der Waals surface area contributed by atoms with Crippen LogP contribution in [0.2, 0.25) is 0 Å². The molecule has 6 heteroatoms. The van der Waals surface area contributed by atoms with Crippen LogP contribution in [0.3, 0.4) is 0 Å². The Balaban J connectivity index is 1.36. The van der Waals surface area contributed by atoms with Gasteiger partial charge in [-0.3, -0.25) is 4.79 Å². The summed E-state index contributed by atoms with van der Waals surface area (Å²) in [4.78, 5) is 15.5. The molecule has 1 fully saturated rings. The third-order valence-corrected chi connectivity index (χ3v) is 7.99. The molecule has 0 spiro atoms. The number of rotatable bonds is 6. The summed E-state index contributed by atoms with van der Waals surface area (Å²) in [6.07, 6.45) is 1.02. The summed E-state index contributed by atoms with van der Waals surface area (Å²) in [5.74, 6) is 1.20. The van der Waals surface area contributed by atoms with Gasteiger partial charge in [-0.25, -0.2) is 0 Å². The second-order valence-corrected chi connectivity index (χ2v) is 10.7. The van der Waals surface area contributed by atoms with E-state index in [2.05, 4.69) is 44.0 Å². The largest absolute Gasteiger partial charge is 0.508 e. The van der Waals surface area contributed by atoms with Crippen molar-refractivity contribution in [2.75, 3.05) is 19.6 Å². The molecule has 2 aromatic rings. The highest BCUT2D eigenvalue weighted by molar-refractivity contribution is 5.81. The number of amides is 1. The van der Waals surface area contributed by atoms with Gasteiger partial charge in [0.25, 0.3) is 0 Å². The lowest BCUT2D eigenvalue weighted by Crippen LogP contribution is -2.54. The number of phenolic OH excluding ortho intramolecular Hbond substituents is 2. The summed E-state index contributed by atoms with van der Waals surface area (Å²) < 4.78 is 5.84. The molecule has 3 N–H and O–H groups in total. The fourth-order valence-corrected chi connectivity index (χ4v) is 5.31. The van der Waals surface area contributed by atoms with Gasteiger partial charge in [0.2, 0.25) is 5.91 Å². The van der Waals surface area contributed by atoms with Crippen LogP contribution in [-0.2, 0) is 28.0 Å². The monoisotopic (exact) mass is 466 g/mol. The van der Waals surface area contributed by atoms with E-state index in [0.717, 1.165) is 37.2 Å². The minimum atomic E-state index is -0.507. The highest BCUT2D eigenvalue weighted by Crippen LogP contribution is 2.40. The van der Waals surface area contributed by atoms with E-state index in [0.29, 0.717) is 30.6 Å². The molecule has 0 unspecified atom stereocenters. The molecule has 6 nitrogen and oxygen atoms in total. The molecule has 1 amide bonds. The van der Waals surface area contributed by atoms with Gasteiger partial charge in [-0.2, -0.15) is 0 Å². The minimum absolute atomic E-state index is 0.0174. The van der Waals surface area contributed by atoms with E-state index in [4.69, 9.17) is 4.74 Å². The number of hydrogen-bond donors (Lipinski definition) is 3. The predicted octanol–water partition coefficient (Wildman–Crippen LogP) is 3.98. The second kappa shape index (κ2) is 9.96. The normalized spacial score (nSPS) is 26.1. The summed E-state index contributed by atoms with van der Waals surface area (Å²) in [5.41, 5.74) is 3.21. The summed E-state index contributed by atoms with van der Waals surface area (Å²) in [5, 5.41) is 22.9. The lowest BCUT2D eigenvalue weighted by molar-refractivity contribution is -0.135. The molecule has 1 saturated heterocycles. The van der Waals surface area contributed by atoms with Crippen molar-refractivity contribution in [1.82, 2.24) is 10.2 Å². The van der Waals surface area contributed by atoms with Gasteiger partial charge < -0.3 is 25.2 Å². The zero-order valence-corrected chi connectivity index (χ0v) is 20.8. The second-order valence-electron chi connectivity index (χ2n) is 10.7. The Bertz CT molecular complexity index is 1020. The molecule has 4 atom stereocenters. The van der Waals surface area contributed by atoms with E-state index in [-0.39, 0.29) is 23.1 Å². The van der Waals surface area contributed by atoms with Crippen molar-refractivity contribution in [3.63, 3.8) is 0 Å². The maximum atomic E-state index is 13.1. The smallest absolute Gasteiger partial charge is 0.249 e. The molecule has 2 aliphatic rings. The van der Waals surface area contributed by atoms with Crippen LogP contribution < -0.4 is 5.32 Å². The maximum Gasteiger partial charge on any atom is 0.249 e. The van der Waals surface area contributed by atoms with Crippen molar-refractivity contribution in [1.29, 1.82) is 0 Å². The van der Waals surface area contributed by atoms with Crippen LogP contribution in [0.15, 0.2) is 42.5 Å². The summed E-state index contributed by atoms with van der Waals surface area (Å²) in [6.45, 7) is 11.9. The Morgan fingerprint density at radius 1 is 1.18 bits per heavy atom. The first-order valence-corrected chi connectivity index (χ1v) is 12.4. The number of ether oxygens (including phenoxy) is 1. The van der Waals surface area contributed by atoms with Gasteiger partial charge in [-0.1, -0.05) is 45.9 Å². The van der Waals surface area contributed by atoms with Crippen LogP contribution >= 0.6 is 0 Å². The predicted molar refractivity (Wildman–Crippen MR) is 133 cm³/mol. The first-order chi connectivity index (χ1) is 16.2. The number of fused-ring (bicyclic) bond motifs is 1. The summed E-state index contributed by atoms with van der Waals surface area (Å²) in [7, 11) is 0. The molecule has 0 radical (unpaired) electrons. The van der Waals surface area contributed by atoms with Gasteiger partial charge >= 0.3 is 0 Å². The molecular weight excluding hydrogens is 428 g/mol. The van der Waals surface area contributed by atoms with Crippen LogP contribution in [-0.4, -0.2) is 52.8 Å². The number of nitrogens with zero attached hydrogens (tertiary/aromatic N) is 1. The van der Waals surface area contributed by atoms with Crippen LogP contribution in [0.4, 0.5) is 0 Å². The molecule has 0 aliphatic carbocycles. The number of benzene rings is 2. The molecule has 4 rings (SSSR count). The maximum absolute atomic E-state index is 13.1. The van der Waals surface area contributed by atoms with E-state index < -0.39 is 6.10 Å². The SMILES string of the molecule is CC(C)[C@@H](CN1CC[C@](C)(c2cccc(O)c2)[C@H](C)C1)NC(=O)[C@H]1Cc2ccc(O)cc2CO1. The van der Waals surface area contributed by atoms with Crippen LogP contribution in [0.5, 0.6) is 11.5 Å². The Hall–Kier alpha value is -2.57. The fraction of sp³-hybridized carbons (Fsp3) is 0.536. The topological polar surface area (TPSA) is 82.0 Å². The van der Waals surface area contributed by atoms with Crippen LogP contribution in [0, 0.1) is 11.8 Å². The molecule has 2 aromatic carbocycles. The van der Waals surface area contributed by atoms with Gasteiger partial charge in [0.1, 0.15) is 17.6 Å². The van der Waals surface area contributed by atoms with Gasteiger partial charge in [0, 0.05) is 25.6 Å². The van der Waals surface area contributed by atoms with E-state index in [1.165, 1.54) is 5.56 Å². The quantitative estimate of drug-likeness (QED) is 0.600. The van der Waals surface area contributed by atoms with E-state index in [1.807, 2.05) is 18.2 Å². The highest BCUT2D eigenvalue weighted by Gasteiger charge is 2.39. The number of carbonyl (C=O) groups is 1. The standard InChI is InChI=1S/C28H38N2O4/c1-18(2)25(29-27(33)26-13-20-8-9-24(32)12-21(20)17-34-26)16-30-11-10-28(4,19(3)15-30)22-6-5-7-23(31)14-22/h5-9,12,14,18-19,25-26,31-32H,10-11,13,15-17H2,1-4H3,(H,29,33)/t19-,25-,26-,28+/m1/s1. The third kappa shape index (κ3) is 5.23. The first kappa shape index (κ1) is 24.6. The molecule has 2 aliphatic heterocycles. The van der Waals surface area contributed by atoms with E-state index in [9.17, 15) is 15.0 Å². The number of piperidine rings is 1. The summed E-state index contributed by atoms with van der Waals surface area (Å²) in [6, 6.07) is 13.0. The van der Waals surface area contributed by atoms with E-state index in [1.54, 1.807) is 18.2 Å². The molecular formula is C28H38N2O4. The summed E-state index contributed by atoms with van der Waals surface area (Å²) >= 11 is 0. The van der Waals surface area contributed by atoms with E-state index >= 15 is 0 Å². The Kier molecular flexibility index (Phi) is 7.20. The number of hydrogen-bond acceptors (Lipinski definition) is 5. The van der Waals surface area contributed by atoms with Crippen molar-refractivity contribution in [2.24, 2.45) is 11.8 Å². The van der Waals surface area contributed by atoms with Crippen LogP contribution in [0.25, 0.3) is 0 Å². The number of nitrogens with one attached hydrogen (secondary N) is 1. The Morgan fingerprint density at radius 2 is 1.94 bits per heavy atom. The average Bonchev–Trinajstić information content (AvgIpc) is 2.80. The number of carbonyl (C=O) groups excluding carboxylic acids is 1.